The number of quaternary nitrogens is 1. The van der Waals surface area contributed by atoms with Crippen molar-refractivity contribution in [3.8, 4) is 0 Å². The average Bonchev–Trinajstić information content (AvgIpc) is 3.17. The molecule has 0 aromatic rings. The number of carbonyl (C=O) groups excluding carboxylic acids is 2. The zero-order chi connectivity index (χ0) is 44.0. The standard InChI is InChI=1S/C46H76NO11P/c1-6-8-10-11-12-13-14-15-16-17-18-19-20-25-29-35-45(51)55-39-42(40-57-59(53,54)56-38-37-47(3,4)5)58-46(52)36-30-34-44(50)43(49)33-28-24-22-21-23-27-32-41(48)31-26-9-7-2/h8,10,12-13,15-16,18-19,21-24,27-28,32-33,41-44,48-50H,6-7,9,11,14,17,20,25-26,29-31,34-40H2,1-5H3/b10-8-,13-12-,16-15-,19-18-,23-21-,24-22+,32-27+,33-28+/t41-,42+,43-,44-/m0/s1. The van der Waals surface area contributed by atoms with Gasteiger partial charge in [-0.1, -0.05) is 130 Å². The van der Waals surface area contributed by atoms with Crippen LogP contribution in [0.25, 0.3) is 0 Å². The van der Waals surface area contributed by atoms with Crippen molar-refractivity contribution < 1.29 is 57.4 Å². The molecule has 0 saturated carbocycles. The number of aliphatic hydroxyl groups excluding tert-OH is 3. The number of phosphoric ester groups is 1. The number of nitrogens with zero attached hydrogens (tertiary/aromatic N) is 1. The lowest BCUT2D eigenvalue weighted by Crippen LogP contribution is -2.37. The minimum Gasteiger partial charge on any atom is -0.756 e. The Hall–Kier alpha value is -3.19. The molecule has 5 atom stereocenters. The van der Waals surface area contributed by atoms with E-state index in [4.69, 9.17) is 18.5 Å². The van der Waals surface area contributed by atoms with Gasteiger partial charge in [0.25, 0.3) is 7.82 Å². The first-order chi connectivity index (χ1) is 28.2. The van der Waals surface area contributed by atoms with Gasteiger partial charge in [-0.3, -0.25) is 14.2 Å². The fourth-order valence-electron chi connectivity index (χ4n) is 4.97. The lowest BCUT2D eigenvalue weighted by atomic mass is 10.1. The maximum atomic E-state index is 12.7. The first kappa shape index (κ1) is 55.8. The summed E-state index contributed by atoms with van der Waals surface area (Å²) in [7, 11) is 0.905. The monoisotopic (exact) mass is 850 g/mol. The number of likely N-dealkylation sites (N-methyl/N-ethyl adjacent to an activating group) is 1. The zero-order valence-corrected chi connectivity index (χ0v) is 37.4. The minimum atomic E-state index is -4.74. The largest absolute Gasteiger partial charge is 0.756 e. The third-order valence-corrected chi connectivity index (χ3v) is 9.42. The van der Waals surface area contributed by atoms with Crippen LogP contribution in [0, 0.1) is 0 Å². The van der Waals surface area contributed by atoms with Gasteiger partial charge in [0.1, 0.15) is 19.8 Å². The van der Waals surface area contributed by atoms with Gasteiger partial charge in [0, 0.05) is 12.8 Å². The highest BCUT2D eigenvalue weighted by atomic mass is 31.2. The summed E-state index contributed by atoms with van der Waals surface area (Å²) in [5.41, 5.74) is 0. The average molecular weight is 850 g/mol. The highest BCUT2D eigenvalue weighted by molar-refractivity contribution is 7.45. The van der Waals surface area contributed by atoms with E-state index in [2.05, 4.69) is 62.5 Å². The molecule has 0 aliphatic heterocycles. The number of hydrogen-bond donors (Lipinski definition) is 3. The van der Waals surface area contributed by atoms with Crippen LogP contribution in [0.15, 0.2) is 97.2 Å². The Morgan fingerprint density at radius 2 is 1.27 bits per heavy atom. The Morgan fingerprint density at radius 1 is 0.678 bits per heavy atom. The van der Waals surface area contributed by atoms with Gasteiger partial charge < -0.3 is 43.2 Å². The van der Waals surface area contributed by atoms with Crippen molar-refractivity contribution in [1.82, 2.24) is 0 Å². The Morgan fingerprint density at radius 3 is 1.90 bits per heavy atom. The number of esters is 2. The van der Waals surface area contributed by atoms with E-state index in [-0.39, 0.29) is 32.3 Å². The quantitative estimate of drug-likeness (QED) is 0.0139. The SMILES string of the molecule is CC/C=C\C/C=C\C/C=C\C/C=C\CCCCC(=O)OC[C@H](COP(=O)([O-])OCC[N+](C)(C)C)OC(=O)CCC[C@H](O)[C@@H](O)/C=C/C=C/C=C\C=C\[C@@H](O)CCCCC. The summed E-state index contributed by atoms with van der Waals surface area (Å²) in [6.07, 6.45) is 36.7. The molecule has 0 aromatic heterocycles. The summed E-state index contributed by atoms with van der Waals surface area (Å²) in [5, 5.41) is 30.6. The van der Waals surface area contributed by atoms with Crippen molar-refractivity contribution >= 4 is 19.8 Å². The molecule has 0 spiro atoms. The van der Waals surface area contributed by atoms with Gasteiger partial charge in [-0.2, -0.15) is 0 Å². The molecule has 3 N–H and O–H groups in total. The molecule has 0 saturated heterocycles. The van der Waals surface area contributed by atoms with Crippen LogP contribution in [-0.4, -0.2) is 104 Å². The third-order valence-electron chi connectivity index (χ3n) is 8.45. The fraction of sp³-hybridized carbons (Fsp3) is 0.609. The summed E-state index contributed by atoms with van der Waals surface area (Å²) in [6.45, 7) is 3.51. The number of allylic oxidation sites excluding steroid dienone is 14. The number of unbranched alkanes of at least 4 members (excludes halogenated alkanes) is 4. The van der Waals surface area contributed by atoms with Gasteiger partial charge in [0.2, 0.25) is 0 Å². The maximum Gasteiger partial charge on any atom is 0.306 e. The maximum absolute atomic E-state index is 12.7. The van der Waals surface area contributed by atoms with Gasteiger partial charge in [0.15, 0.2) is 6.10 Å². The molecule has 0 heterocycles. The van der Waals surface area contributed by atoms with E-state index in [0.29, 0.717) is 17.4 Å². The van der Waals surface area contributed by atoms with Gasteiger partial charge in [-0.05, 0) is 64.2 Å². The fourth-order valence-corrected chi connectivity index (χ4v) is 5.70. The Kier molecular flexibility index (Phi) is 34.7. The van der Waals surface area contributed by atoms with E-state index in [1.54, 1.807) is 42.5 Å². The number of phosphoric acid groups is 1. The van der Waals surface area contributed by atoms with E-state index in [1.165, 1.54) is 6.08 Å². The molecule has 0 rings (SSSR count). The Labute approximate surface area is 355 Å². The second-order valence-corrected chi connectivity index (χ2v) is 16.6. The number of ether oxygens (including phenoxy) is 2. The van der Waals surface area contributed by atoms with E-state index in [1.807, 2.05) is 21.1 Å². The van der Waals surface area contributed by atoms with Gasteiger partial charge in [0.05, 0.1) is 46.1 Å². The molecule has 13 heteroatoms. The molecule has 0 aromatic carbocycles. The summed E-state index contributed by atoms with van der Waals surface area (Å²) in [4.78, 5) is 37.5. The van der Waals surface area contributed by atoms with Crippen LogP contribution in [0.1, 0.15) is 110 Å². The predicted molar refractivity (Wildman–Crippen MR) is 235 cm³/mol. The second-order valence-electron chi connectivity index (χ2n) is 15.2. The normalized spacial score (nSPS) is 16.2. The summed E-state index contributed by atoms with van der Waals surface area (Å²) < 4.78 is 33.5. The van der Waals surface area contributed by atoms with Crippen molar-refractivity contribution in [2.45, 2.75) is 135 Å². The molecule has 59 heavy (non-hydrogen) atoms. The van der Waals surface area contributed by atoms with Crippen molar-refractivity contribution in [3.05, 3.63) is 97.2 Å². The molecule has 12 nitrogen and oxygen atoms in total. The molecular weight excluding hydrogens is 773 g/mol. The Balaban J connectivity index is 4.82. The highest BCUT2D eigenvalue weighted by Crippen LogP contribution is 2.38. The summed E-state index contributed by atoms with van der Waals surface area (Å²) >= 11 is 0. The molecule has 0 radical (unpaired) electrons. The van der Waals surface area contributed by atoms with Crippen LogP contribution < -0.4 is 4.89 Å². The minimum absolute atomic E-state index is 0.0859. The van der Waals surface area contributed by atoms with Gasteiger partial charge >= 0.3 is 11.9 Å². The first-order valence-electron chi connectivity index (χ1n) is 21.3. The van der Waals surface area contributed by atoms with Gasteiger partial charge in [-0.25, -0.2) is 0 Å². The topological polar surface area (TPSA) is 172 Å². The molecule has 0 aliphatic rings. The molecule has 0 bridgehead atoms. The van der Waals surface area contributed by atoms with Crippen LogP contribution >= 0.6 is 7.82 Å². The van der Waals surface area contributed by atoms with Crippen LogP contribution in [0.2, 0.25) is 0 Å². The zero-order valence-electron chi connectivity index (χ0n) is 36.5. The van der Waals surface area contributed by atoms with Crippen molar-refractivity contribution in [2.75, 3.05) is 47.5 Å². The van der Waals surface area contributed by atoms with E-state index < -0.39 is 57.4 Å². The predicted octanol–water partition coefficient (Wildman–Crippen LogP) is 8.07. The van der Waals surface area contributed by atoms with Crippen LogP contribution in [0.4, 0.5) is 0 Å². The first-order valence-corrected chi connectivity index (χ1v) is 22.7. The smallest absolute Gasteiger partial charge is 0.306 e. The lowest BCUT2D eigenvalue weighted by Gasteiger charge is -2.28. The second kappa shape index (κ2) is 36.6. The molecule has 0 aliphatic carbocycles. The number of aliphatic hydroxyl groups is 3. The lowest BCUT2D eigenvalue weighted by molar-refractivity contribution is -0.870. The van der Waals surface area contributed by atoms with Crippen molar-refractivity contribution in [1.29, 1.82) is 0 Å². The van der Waals surface area contributed by atoms with Crippen LogP contribution in [0.3, 0.4) is 0 Å². The Bertz CT molecular complexity index is 1380. The van der Waals surface area contributed by atoms with E-state index in [9.17, 15) is 34.4 Å². The third kappa shape index (κ3) is 38.7. The molecule has 0 amide bonds. The molecule has 336 valence electrons. The van der Waals surface area contributed by atoms with Crippen LogP contribution in [0.5, 0.6) is 0 Å². The van der Waals surface area contributed by atoms with Crippen LogP contribution in [-0.2, 0) is 32.7 Å². The number of hydrogen-bond acceptors (Lipinski definition) is 11. The number of rotatable bonds is 36. The van der Waals surface area contributed by atoms with Crippen molar-refractivity contribution in [2.24, 2.45) is 0 Å². The summed E-state index contributed by atoms with van der Waals surface area (Å²) in [6, 6.07) is 0. The van der Waals surface area contributed by atoms with E-state index in [0.717, 1.165) is 64.2 Å². The molecule has 0 fully saturated rings. The van der Waals surface area contributed by atoms with Crippen molar-refractivity contribution in [3.63, 3.8) is 0 Å². The van der Waals surface area contributed by atoms with Gasteiger partial charge in [-0.15, -0.1) is 0 Å². The number of carbonyl (C=O) groups is 2. The van der Waals surface area contributed by atoms with E-state index >= 15 is 0 Å². The summed E-state index contributed by atoms with van der Waals surface area (Å²) in [5.74, 6) is -1.23. The molecule has 1 unspecified atom stereocenters. The molecular formula is C46H76NO11P. The highest BCUT2D eigenvalue weighted by Gasteiger charge is 2.22.